The first kappa shape index (κ1) is 38.7. The molecule has 10 aromatic carbocycles. The number of hydrogen-bond donors (Lipinski definition) is 0. The molecule has 0 atom stereocenters. The summed E-state index contributed by atoms with van der Waals surface area (Å²) in [5.74, 6) is 0. The molecule has 0 heterocycles. The molecular formula is C65H49N. The van der Waals surface area contributed by atoms with Crippen LogP contribution < -0.4 is 4.90 Å². The lowest BCUT2D eigenvalue weighted by Crippen LogP contribution is -2.28. The molecule has 1 heteroatoms. The molecule has 1 nitrogen and oxygen atoms in total. The van der Waals surface area contributed by atoms with E-state index in [2.05, 4.69) is 257 Å². The van der Waals surface area contributed by atoms with Gasteiger partial charge in [0.05, 0.1) is 16.8 Å². The first-order valence-electron chi connectivity index (χ1n) is 23.4. The zero-order valence-corrected chi connectivity index (χ0v) is 37.8. The Morgan fingerprint density at radius 3 is 1.56 bits per heavy atom. The Labute approximate surface area is 388 Å². The van der Waals surface area contributed by atoms with E-state index in [0.717, 1.165) is 11.4 Å². The fraction of sp³-hybridized carbons (Fsp3) is 0.108. The van der Waals surface area contributed by atoms with Crippen LogP contribution in [-0.2, 0) is 16.2 Å². The van der Waals surface area contributed by atoms with Crippen LogP contribution >= 0.6 is 0 Å². The summed E-state index contributed by atoms with van der Waals surface area (Å²) in [6.45, 7) is 9.53. The maximum absolute atomic E-state index is 2.59. The van der Waals surface area contributed by atoms with Gasteiger partial charge in [0.15, 0.2) is 0 Å². The second kappa shape index (κ2) is 14.1. The summed E-state index contributed by atoms with van der Waals surface area (Å²) in [4.78, 5) is 2.59. The highest BCUT2D eigenvalue weighted by atomic mass is 15.1. The van der Waals surface area contributed by atoms with Gasteiger partial charge in [-0.2, -0.15) is 0 Å². The van der Waals surface area contributed by atoms with Crippen LogP contribution in [0.3, 0.4) is 0 Å². The Morgan fingerprint density at radius 1 is 0.333 bits per heavy atom. The molecule has 0 radical (unpaired) electrons. The zero-order valence-electron chi connectivity index (χ0n) is 37.8. The van der Waals surface area contributed by atoms with Gasteiger partial charge in [0, 0.05) is 27.6 Å². The second-order valence-electron chi connectivity index (χ2n) is 19.6. The first-order valence-corrected chi connectivity index (χ1v) is 23.4. The van der Waals surface area contributed by atoms with Crippen molar-refractivity contribution in [1.29, 1.82) is 0 Å². The van der Waals surface area contributed by atoms with Crippen molar-refractivity contribution in [3.63, 3.8) is 0 Å². The molecule has 0 bridgehead atoms. The molecule has 0 amide bonds. The maximum atomic E-state index is 2.59. The minimum atomic E-state index is -0.527. The van der Waals surface area contributed by atoms with Crippen LogP contribution in [0.25, 0.3) is 55.3 Å². The van der Waals surface area contributed by atoms with Gasteiger partial charge in [-0.05, 0) is 119 Å². The van der Waals surface area contributed by atoms with Gasteiger partial charge >= 0.3 is 0 Å². The van der Waals surface area contributed by atoms with E-state index < -0.39 is 5.41 Å². The number of rotatable bonds is 6. The molecule has 3 aliphatic carbocycles. The molecule has 0 aromatic heterocycles. The van der Waals surface area contributed by atoms with Gasteiger partial charge in [-0.3, -0.25) is 0 Å². The van der Waals surface area contributed by atoms with E-state index >= 15 is 0 Å². The van der Waals surface area contributed by atoms with Crippen molar-refractivity contribution in [1.82, 2.24) is 0 Å². The third-order valence-corrected chi connectivity index (χ3v) is 15.5. The van der Waals surface area contributed by atoms with Gasteiger partial charge in [0.2, 0.25) is 0 Å². The molecule has 0 aliphatic heterocycles. The average molecular weight is 844 g/mol. The van der Waals surface area contributed by atoms with E-state index in [1.54, 1.807) is 0 Å². The normalized spacial score (nSPS) is 15.0. The van der Waals surface area contributed by atoms with E-state index in [1.165, 1.54) is 105 Å². The Kier molecular flexibility index (Phi) is 8.28. The molecule has 10 aromatic rings. The Bertz CT molecular complexity index is 3540. The van der Waals surface area contributed by atoms with Crippen LogP contribution in [0, 0.1) is 0 Å². The number of anilines is 3. The van der Waals surface area contributed by atoms with Crippen LogP contribution in [0.2, 0.25) is 0 Å². The van der Waals surface area contributed by atoms with E-state index in [-0.39, 0.29) is 10.8 Å². The van der Waals surface area contributed by atoms with Gasteiger partial charge in [-0.15, -0.1) is 0 Å². The van der Waals surface area contributed by atoms with E-state index in [1.807, 2.05) is 0 Å². The summed E-state index contributed by atoms with van der Waals surface area (Å²) >= 11 is 0. The van der Waals surface area contributed by atoms with Crippen molar-refractivity contribution in [3.8, 4) is 44.5 Å². The predicted octanol–water partition coefficient (Wildman–Crippen LogP) is 17.0. The molecule has 314 valence electrons. The third-order valence-electron chi connectivity index (χ3n) is 15.5. The van der Waals surface area contributed by atoms with Crippen molar-refractivity contribution in [2.75, 3.05) is 4.90 Å². The largest absolute Gasteiger partial charge is 0.309 e. The molecule has 13 rings (SSSR count). The predicted molar refractivity (Wildman–Crippen MR) is 276 cm³/mol. The maximum Gasteiger partial charge on any atom is 0.0714 e. The first-order chi connectivity index (χ1) is 32.3. The van der Waals surface area contributed by atoms with E-state index in [0.29, 0.717) is 0 Å². The topological polar surface area (TPSA) is 3.24 Å². The summed E-state index contributed by atoms with van der Waals surface area (Å²) in [5, 5.41) is 2.55. The van der Waals surface area contributed by atoms with E-state index in [4.69, 9.17) is 0 Å². The quantitative estimate of drug-likeness (QED) is 0.161. The van der Waals surface area contributed by atoms with Crippen LogP contribution in [0.15, 0.2) is 224 Å². The highest BCUT2D eigenvalue weighted by Crippen LogP contribution is 2.62. The lowest BCUT2D eigenvalue weighted by atomic mass is 9.68. The van der Waals surface area contributed by atoms with Gasteiger partial charge < -0.3 is 4.90 Å². The highest BCUT2D eigenvalue weighted by molar-refractivity contribution is 6.08. The minimum absolute atomic E-state index is 0.0325. The molecule has 0 fully saturated rings. The smallest absolute Gasteiger partial charge is 0.0714 e. The molecule has 0 saturated carbocycles. The molecule has 0 spiro atoms. The summed E-state index contributed by atoms with van der Waals surface area (Å²) in [6.07, 6.45) is 0. The third kappa shape index (κ3) is 5.23. The summed E-state index contributed by atoms with van der Waals surface area (Å²) in [7, 11) is 0. The Hall–Kier alpha value is -7.74. The SMILES string of the molecule is CC1(C)c2ccccc2-c2cc(-c3ccc(N(c4cccc5c4-c4ccccc4C5(c4ccccc4)c4ccccc4)c4cc5ccccc5c5c4-c4ccccc4C5(C)C)cc3)ccc21. The number of nitrogens with zero attached hydrogens (tertiary/aromatic N) is 1. The molecule has 0 N–H and O–H groups in total. The van der Waals surface area contributed by atoms with Crippen molar-refractivity contribution in [2.24, 2.45) is 0 Å². The Morgan fingerprint density at radius 2 is 0.864 bits per heavy atom. The molecule has 3 aliphatic rings. The number of hydrogen-bond acceptors (Lipinski definition) is 1. The lowest BCUT2D eigenvalue weighted by molar-refractivity contribution is 0.660. The van der Waals surface area contributed by atoms with Gasteiger partial charge in [0.25, 0.3) is 0 Å². The van der Waals surface area contributed by atoms with Gasteiger partial charge in [-0.1, -0.05) is 222 Å². The van der Waals surface area contributed by atoms with Crippen molar-refractivity contribution < 1.29 is 0 Å². The van der Waals surface area contributed by atoms with Crippen LogP contribution in [0.1, 0.15) is 72.2 Å². The summed E-state index contributed by atoms with van der Waals surface area (Å²) in [5.41, 5.74) is 23.6. The fourth-order valence-electron chi connectivity index (χ4n) is 12.6. The van der Waals surface area contributed by atoms with Gasteiger partial charge in [-0.25, -0.2) is 0 Å². The standard InChI is InChI=1S/C65H49N/c1-63(2)53-29-16-13-26-49(53)52-40-43(36-39-55(52)63)42-34-37-47(38-35-42)66(59-41-44-20-11-12-25-48(44)62-61(59)50-27-14-17-30-54(50)64(62,3)4)58-33-19-32-57-60(58)51-28-15-18-31-56(51)65(57,45-21-7-5-8-22-45)46-23-9-6-10-24-46/h5-41H,1-4H3. The average Bonchev–Trinajstić information content (AvgIpc) is 3.90. The summed E-state index contributed by atoms with van der Waals surface area (Å²) in [6, 6.07) is 84.5. The summed E-state index contributed by atoms with van der Waals surface area (Å²) < 4.78 is 0. The fourth-order valence-corrected chi connectivity index (χ4v) is 12.6. The minimum Gasteiger partial charge on any atom is -0.309 e. The molecular weight excluding hydrogens is 795 g/mol. The molecule has 0 unspecified atom stereocenters. The monoisotopic (exact) mass is 843 g/mol. The number of benzene rings is 10. The molecule has 66 heavy (non-hydrogen) atoms. The van der Waals surface area contributed by atoms with Crippen molar-refractivity contribution >= 4 is 27.8 Å². The Balaban J connectivity index is 1.09. The van der Waals surface area contributed by atoms with Crippen molar-refractivity contribution in [2.45, 2.75) is 43.9 Å². The van der Waals surface area contributed by atoms with Crippen LogP contribution in [-0.4, -0.2) is 0 Å². The van der Waals surface area contributed by atoms with E-state index in [9.17, 15) is 0 Å². The highest BCUT2D eigenvalue weighted by Gasteiger charge is 2.48. The van der Waals surface area contributed by atoms with Gasteiger partial charge in [0.1, 0.15) is 0 Å². The molecule has 0 saturated heterocycles. The van der Waals surface area contributed by atoms with Crippen LogP contribution in [0.4, 0.5) is 17.1 Å². The van der Waals surface area contributed by atoms with Crippen LogP contribution in [0.5, 0.6) is 0 Å². The number of fused-ring (bicyclic) bond motifs is 11. The lowest BCUT2D eigenvalue weighted by Gasteiger charge is -2.35. The second-order valence-corrected chi connectivity index (χ2v) is 19.6. The van der Waals surface area contributed by atoms with Crippen molar-refractivity contribution in [3.05, 3.63) is 269 Å². The zero-order chi connectivity index (χ0) is 44.4.